The summed E-state index contributed by atoms with van der Waals surface area (Å²) in [5, 5.41) is 6.61. The van der Waals surface area contributed by atoms with E-state index < -0.39 is 9.84 Å². The van der Waals surface area contributed by atoms with Crippen LogP contribution in [0.5, 0.6) is 0 Å². The molecular formula is C20H31ClN2O3S. The third kappa shape index (κ3) is 6.47. The van der Waals surface area contributed by atoms with E-state index in [2.05, 4.69) is 37.5 Å². The third-order valence-corrected chi connectivity index (χ3v) is 6.87. The topological polar surface area (TPSA) is 75.3 Å². The van der Waals surface area contributed by atoms with Gasteiger partial charge in [-0.25, -0.2) is 8.42 Å². The van der Waals surface area contributed by atoms with Crippen LogP contribution in [0.15, 0.2) is 24.3 Å². The minimum atomic E-state index is -2.91. The van der Waals surface area contributed by atoms with Crippen molar-refractivity contribution in [2.24, 2.45) is 5.41 Å². The number of sulfone groups is 1. The number of benzene rings is 1. The Morgan fingerprint density at radius 1 is 1.19 bits per heavy atom. The van der Waals surface area contributed by atoms with Gasteiger partial charge in [0.25, 0.3) is 5.91 Å². The SMILES string of the molecule is CC(C)(C)CNC1CC1c1cccc(C(=O)NC2CCS(=O)(=O)CC2)c1.Cl. The zero-order valence-corrected chi connectivity index (χ0v) is 18.0. The fraction of sp³-hybridized carbons (Fsp3) is 0.650. The highest BCUT2D eigenvalue weighted by Gasteiger charge is 2.38. The fourth-order valence-corrected chi connectivity index (χ4v) is 4.93. The summed E-state index contributed by atoms with van der Waals surface area (Å²) in [7, 11) is -2.91. The van der Waals surface area contributed by atoms with Crippen molar-refractivity contribution in [1.82, 2.24) is 10.6 Å². The van der Waals surface area contributed by atoms with Crippen molar-refractivity contribution < 1.29 is 13.2 Å². The van der Waals surface area contributed by atoms with Gasteiger partial charge in [0.2, 0.25) is 0 Å². The molecule has 0 radical (unpaired) electrons. The van der Waals surface area contributed by atoms with Gasteiger partial charge < -0.3 is 10.6 Å². The van der Waals surface area contributed by atoms with Crippen LogP contribution in [-0.4, -0.2) is 44.5 Å². The van der Waals surface area contributed by atoms with Crippen LogP contribution in [0.25, 0.3) is 0 Å². The van der Waals surface area contributed by atoms with E-state index in [4.69, 9.17) is 0 Å². The van der Waals surface area contributed by atoms with Crippen molar-refractivity contribution in [2.75, 3.05) is 18.1 Å². The van der Waals surface area contributed by atoms with Gasteiger partial charge in [0.05, 0.1) is 11.5 Å². The maximum atomic E-state index is 12.5. The van der Waals surface area contributed by atoms with Crippen LogP contribution in [0, 0.1) is 5.41 Å². The Morgan fingerprint density at radius 2 is 1.85 bits per heavy atom. The zero-order chi connectivity index (χ0) is 18.9. The first-order valence-electron chi connectivity index (χ1n) is 9.48. The van der Waals surface area contributed by atoms with Crippen LogP contribution in [0.1, 0.15) is 61.9 Å². The van der Waals surface area contributed by atoms with E-state index >= 15 is 0 Å². The minimum absolute atomic E-state index is 0. The first-order valence-corrected chi connectivity index (χ1v) is 11.3. The van der Waals surface area contributed by atoms with Gasteiger partial charge in [-0.15, -0.1) is 12.4 Å². The molecule has 1 saturated carbocycles. The molecule has 1 saturated heterocycles. The molecule has 3 rings (SSSR count). The molecule has 2 unspecified atom stereocenters. The summed E-state index contributed by atoms with van der Waals surface area (Å²) in [5.41, 5.74) is 2.13. The maximum absolute atomic E-state index is 12.5. The largest absolute Gasteiger partial charge is 0.349 e. The fourth-order valence-electron chi connectivity index (χ4n) is 3.44. The monoisotopic (exact) mass is 414 g/mol. The average molecular weight is 415 g/mol. The number of amides is 1. The van der Waals surface area contributed by atoms with Crippen molar-refractivity contribution >= 4 is 28.2 Å². The predicted octanol–water partition coefficient (Wildman–Crippen LogP) is 2.91. The Kier molecular flexibility index (Phi) is 6.98. The third-order valence-electron chi connectivity index (χ3n) is 5.15. The molecule has 2 fully saturated rings. The molecule has 1 aliphatic carbocycles. The molecule has 0 spiro atoms. The van der Waals surface area contributed by atoms with Crippen LogP contribution in [0.4, 0.5) is 0 Å². The molecule has 5 nitrogen and oxygen atoms in total. The zero-order valence-electron chi connectivity index (χ0n) is 16.3. The number of halogens is 1. The number of hydrogen-bond acceptors (Lipinski definition) is 4. The van der Waals surface area contributed by atoms with Gasteiger partial charge in [-0.3, -0.25) is 4.79 Å². The highest BCUT2D eigenvalue weighted by Crippen LogP contribution is 2.41. The standard InChI is InChI=1S/C20H30N2O3S.ClH/c1-20(2,3)13-21-18-12-17(18)14-5-4-6-15(11-14)19(23)22-16-7-9-26(24,25)10-8-16;/h4-6,11,16-18,21H,7-10,12-13H2,1-3H3,(H,22,23);1H. The molecule has 1 aromatic rings. The molecule has 0 bridgehead atoms. The lowest BCUT2D eigenvalue weighted by molar-refractivity contribution is 0.0934. The molecule has 1 aromatic carbocycles. The van der Waals surface area contributed by atoms with Gasteiger partial charge in [-0.1, -0.05) is 32.9 Å². The summed E-state index contributed by atoms with van der Waals surface area (Å²) in [4.78, 5) is 12.5. The molecule has 2 atom stereocenters. The van der Waals surface area contributed by atoms with E-state index in [0.29, 0.717) is 30.4 Å². The van der Waals surface area contributed by atoms with Gasteiger partial charge in [0.15, 0.2) is 0 Å². The number of hydrogen-bond donors (Lipinski definition) is 2. The van der Waals surface area contributed by atoms with Crippen molar-refractivity contribution in [1.29, 1.82) is 0 Å². The molecule has 2 N–H and O–H groups in total. The first-order chi connectivity index (χ1) is 12.1. The van der Waals surface area contributed by atoms with Crippen LogP contribution < -0.4 is 10.6 Å². The molecule has 1 aliphatic heterocycles. The Morgan fingerprint density at radius 3 is 2.48 bits per heavy atom. The highest BCUT2D eigenvalue weighted by atomic mass is 35.5. The average Bonchev–Trinajstić information content (AvgIpc) is 3.34. The van der Waals surface area contributed by atoms with E-state index in [9.17, 15) is 13.2 Å². The second kappa shape index (κ2) is 8.50. The van der Waals surface area contributed by atoms with Gasteiger partial charge in [-0.05, 0) is 42.4 Å². The molecule has 7 heteroatoms. The van der Waals surface area contributed by atoms with Crippen molar-refractivity contribution in [3.63, 3.8) is 0 Å². The number of carbonyl (C=O) groups excluding carboxylic acids is 1. The smallest absolute Gasteiger partial charge is 0.251 e. The van der Waals surface area contributed by atoms with Gasteiger partial charge in [-0.2, -0.15) is 0 Å². The van der Waals surface area contributed by atoms with Crippen LogP contribution in [-0.2, 0) is 9.84 Å². The van der Waals surface area contributed by atoms with E-state index in [1.165, 1.54) is 5.56 Å². The van der Waals surface area contributed by atoms with Crippen LogP contribution in [0.3, 0.4) is 0 Å². The van der Waals surface area contributed by atoms with Crippen molar-refractivity contribution in [3.8, 4) is 0 Å². The molecular weight excluding hydrogens is 384 g/mol. The number of carbonyl (C=O) groups is 1. The summed E-state index contributed by atoms with van der Waals surface area (Å²) in [6.07, 6.45) is 2.13. The molecule has 1 amide bonds. The summed E-state index contributed by atoms with van der Waals surface area (Å²) < 4.78 is 23.0. The lowest BCUT2D eigenvalue weighted by atomic mass is 9.97. The lowest BCUT2D eigenvalue weighted by Crippen LogP contribution is -2.40. The second-order valence-electron chi connectivity index (χ2n) is 8.92. The van der Waals surface area contributed by atoms with Crippen LogP contribution in [0.2, 0.25) is 0 Å². The van der Waals surface area contributed by atoms with Gasteiger partial charge in [0.1, 0.15) is 9.84 Å². The Labute approximate surface area is 169 Å². The second-order valence-corrected chi connectivity index (χ2v) is 11.2. The summed E-state index contributed by atoms with van der Waals surface area (Å²) in [6.45, 7) is 7.65. The predicted molar refractivity (Wildman–Crippen MR) is 111 cm³/mol. The summed E-state index contributed by atoms with van der Waals surface area (Å²) >= 11 is 0. The summed E-state index contributed by atoms with van der Waals surface area (Å²) in [6, 6.07) is 8.30. The number of rotatable bonds is 5. The minimum Gasteiger partial charge on any atom is -0.349 e. The Balaban J connectivity index is 0.00000261. The van der Waals surface area contributed by atoms with Gasteiger partial charge in [0, 0.05) is 30.1 Å². The van der Waals surface area contributed by atoms with Crippen molar-refractivity contribution in [3.05, 3.63) is 35.4 Å². The molecule has 27 heavy (non-hydrogen) atoms. The molecule has 1 heterocycles. The quantitative estimate of drug-likeness (QED) is 0.776. The maximum Gasteiger partial charge on any atom is 0.251 e. The normalized spacial score (nSPS) is 24.7. The van der Waals surface area contributed by atoms with E-state index in [1.54, 1.807) is 0 Å². The lowest BCUT2D eigenvalue weighted by Gasteiger charge is -2.23. The first kappa shape index (κ1) is 22.2. The molecule has 152 valence electrons. The van der Waals surface area contributed by atoms with E-state index in [1.807, 2.05) is 18.2 Å². The van der Waals surface area contributed by atoms with E-state index in [-0.39, 0.29) is 41.3 Å². The summed E-state index contributed by atoms with van der Waals surface area (Å²) in [5.74, 6) is 0.712. The molecule has 2 aliphatic rings. The number of nitrogens with one attached hydrogen (secondary N) is 2. The van der Waals surface area contributed by atoms with E-state index in [0.717, 1.165) is 13.0 Å². The Bertz CT molecular complexity index is 760. The van der Waals surface area contributed by atoms with Crippen LogP contribution >= 0.6 is 12.4 Å². The highest BCUT2D eigenvalue weighted by molar-refractivity contribution is 7.91. The van der Waals surface area contributed by atoms with Crippen molar-refractivity contribution in [2.45, 2.75) is 58.0 Å². The molecule has 0 aromatic heterocycles. The Hall–Kier alpha value is -1.11. The van der Waals surface area contributed by atoms with Gasteiger partial charge >= 0.3 is 0 Å².